The SMILES string of the molecule is CC(Sc1nnc(-c2cccs2)n1Cc1ccccc1)C(=O)Nc1cccc([N+](=O)[O-])c1. The second-order valence-corrected chi connectivity index (χ2v) is 9.17. The molecule has 162 valence electrons. The topological polar surface area (TPSA) is 103 Å². The molecule has 0 bridgehead atoms. The van der Waals surface area contributed by atoms with Gasteiger partial charge in [0, 0.05) is 17.8 Å². The molecule has 0 saturated heterocycles. The maximum absolute atomic E-state index is 12.7. The molecule has 0 aliphatic carbocycles. The van der Waals surface area contributed by atoms with Crippen molar-refractivity contribution in [1.82, 2.24) is 14.8 Å². The van der Waals surface area contributed by atoms with Gasteiger partial charge in [-0.1, -0.05) is 54.2 Å². The van der Waals surface area contributed by atoms with E-state index < -0.39 is 10.2 Å². The van der Waals surface area contributed by atoms with Gasteiger partial charge in [0.25, 0.3) is 5.69 Å². The second kappa shape index (κ2) is 9.75. The van der Waals surface area contributed by atoms with E-state index in [0.717, 1.165) is 16.3 Å². The highest BCUT2D eigenvalue weighted by Crippen LogP contribution is 2.30. The Kier molecular flexibility index (Phi) is 6.62. The van der Waals surface area contributed by atoms with Gasteiger partial charge in [-0.15, -0.1) is 21.5 Å². The fourth-order valence-electron chi connectivity index (χ4n) is 3.03. The third-order valence-corrected chi connectivity index (χ3v) is 6.56. The zero-order chi connectivity index (χ0) is 22.5. The molecule has 32 heavy (non-hydrogen) atoms. The van der Waals surface area contributed by atoms with Crippen molar-refractivity contribution >= 4 is 40.4 Å². The van der Waals surface area contributed by atoms with Gasteiger partial charge in [0.15, 0.2) is 11.0 Å². The van der Waals surface area contributed by atoms with Crippen LogP contribution in [0.3, 0.4) is 0 Å². The molecule has 1 N–H and O–H groups in total. The molecule has 8 nitrogen and oxygen atoms in total. The lowest BCUT2D eigenvalue weighted by Crippen LogP contribution is -2.23. The Morgan fingerprint density at radius 1 is 1.16 bits per heavy atom. The van der Waals surface area contributed by atoms with Crippen molar-refractivity contribution in [3.63, 3.8) is 0 Å². The molecular formula is C22H19N5O3S2. The molecule has 2 aromatic carbocycles. The maximum atomic E-state index is 12.7. The van der Waals surface area contributed by atoms with E-state index in [4.69, 9.17) is 0 Å². The highest BCUT2D eigenvalue weighted by molar-refractivity contribution is 8.00. The number of hydrogen-bond donors (Lipinski definition) is 1. The largest absolute Gasteiger partial charge is 0.325 e. The molecule has 1 atom stereocenters. The van der Waals surface area contributed by atoms with Gasteiger partial charge in [0.05, 0.1) is 21.6 Å². The third kappa shape index (κ3) is 5.04. The average Bonchev–Trinajstić information content (AvgIpc) is 3.45. The lowest BCUT2D eigenvalue weighted by molar-refractivity contribution is -0.384. The number of hydrogen-bond acceptors (Lipinski definition) is 7. The molecule has 0 spiro atoms. The minimum absolute atomic E-state index is 0.0775. The first-order valence-corrected chi connectivity index (χ1v) is 11.5. The van der Waals surface area contributed by atoms with Gasteiger partial charge in [-0.25, -0.2) is 0 Å². The number of nitro benzene ring substituents is 1. The first-order chi connectivity index (χ1) is 15.5. The van der Waals surface area contributed by atoms with Crippen molar-refractivity contribution in [2.75, 3.05) is 5.32 Å². The van der Waals surface area contributed by atoms with Crippen molar-refractivity contribution in [3.05, 3.63) is 87.8 Å². The summed E-state index contributed by atoms with van der Waals surface area (Å²) in [6, 6.07) is 19.8. The van der Waals surface area contributed by atoms with E-state index >= 15 is 0 Å². The standard InChI is InChI=1S/C22H19N5O3S2/c1-15(21(28)23-17-9-5-10-18(13-17)27(29)30)32-22-25-24-20(19-11-6-12-31-19)26(22)14-16-7-3-2-4-8-16/h2-13,15H,14H2,1H3,(H,23,28). The van der Waals surface area contributed by atoms with Gasteiger partial charge >= 0.3 is 0 Å². The van der Waals surface area contributed by atoms with Crippen molar-refractivity contribution in [3.8, 4) is 10.7 Å². The Morgan fingerprint density at radius 2 is 1.97 bits per heavy atom. The number of nitrogens with one attached hydrogen (secondary N) is 1. The molecule has 4 rings (SSSR count). The smallest absolute Gasteiger partial charge is 0.271 e. The summed E-state index contributed by atoms with van der Waals surface area (Å²) in [5, 5.41) is 24.6. The van der Waals surface area contributed by atoms with Gasteiger partial charge in [-0.2, -0.15) is 0 Å². The van der Waals surface area contributed by atoms with E-state index in [-0.39, 0.29) is 11.6 Å². The maximum Gasteiger partial charge on any atom is 0.271 e. The summed E-state index contributed by atoms with van der Waals surface area (Å²) in [5.41, 5.74) is 1.40. The highest BCUT2D eigenvalue weighted by atomic mass is 32.2. The first kappa shape index (κ1) is 21.7. The van der Waals surface area contributed by atoms with Crippen LogP contribution in [0, 0.1) is 10.1 Å². The molecule has 1 amide bonds. The van der Waals surface area contributed by atoms with E-state index in [9.17, 15) is 14.9 Å². The van der Waals surface area contributed by atoms with Crippen LogP contribution in [0.15, 0.2) is 77.3 Å². The van der Waals surface area contributed by atoms with Crippen LogP contribution in [0.2, 0.25) is 0 Å². The van der Waals surface area contributed by atoms with E-state index in [1.54, 1.807) is 24.3 Å². The minimum atomic E-state index is -0.496. The minimum Gasteiger partial charge on any atom is -0.325 e. The van der Waals surface area contributed by atoms with Gasteiger partial charge in [0.1, 0.15) is 0 Å². The predicted molar refractivity (Wildman–Crippen MR) is 126 cm³/mol. The lowest BCUT2D eigenvalue weighted by atomic mass is 10.2. The molecule has 2 heterocycles. The molecule has 0 aliphatic heterocycles. The Balaban J connectivity index is 1.54. The van der Waals surface area contributed by atoms with Gasteiger partial charge in [-0.05, 0) is 30.0 Å². The Labute approximate surface area is 192 Å². The Hall–Kier alpha value is -3.50. The number of amides is 1. The first-order valence-electron chi connectivity index (χ1n) is 9.74. The second-order valence-electron chi connectivity index (χ2n) is 6.91. The van der Waals surface area contributed by atoms with E-state index in [0.29, 0.717) is 17.4 Å². The lowest BCUT2D eigenvalue weighted by Gasteiger charge is -2.14. The van der Waals surface area contributed by atoms with Crippen LogP contribution in [-0.2, 0) is 11.3 Å². The van der Waals surface area contributed by atoms with Gasteiger partial charge < -0.3 is 5.32 Å². The van der Waals surface area contributed by atoms with Crippen LogP contribution >= 0.6 is 23.1 Å². The molecule has 0 saturated carbocycles. The van der Waals surface area contributed by atoms with Gasteiger partial charge in [-0.3, -0.25) is 19.5 Å². The number of thiophene rings is 1. The summed E-state index contributed by atoms with van der Waals surface area (Å²) in [4.78, 5) is 24.2. The number of nitro groups is 1. The number of carbonyl (C=O) groups is 1. The molecule has 0 fully saturated rings. The number of carbonyl (C=O) groups excluding carboxylic acids is 1. The van der Waals surface area contributed by atoms with Crippen molar-refractivity contribution in [1.29, 1.82) is 0 Å². The van der Waals surface area contributed by atoms with Crippen molar-refractivity contribution < 1.29 is 9.72 Å². The summed E-state index contributed by atoms with van der Waals surface area (Å²) in [6.45, 7) is 2.34. The number of rotatable bonds is 8. The van der Waals surface area contributed by atoms with Crippen molar-refractivity contribution in [2.45, 2.75) is 23.9 Å². The van der Waals surface area contributed by atoms with Gasteiger partial charge in [0.2, 0.25) is 5.91 Å². The molecule has 10 heteroatoms. The molecule has 1 unspecified atom stereocenters. The van der Waals surface area contributed by atoms with Crippen molar-refractivity contribution in [2.24, 2.45) is 0 Å². The van der Waals surface area contributed by atoms with Crippen LogP contribution in [0.4, 0.5) is 11.4 Å². The highest BCUT2D eigenvalue weighted by Gasteiger charge is 2.22. The Bertz CT molecular complexity index is 1230. The van der Waals surface area contributed by atoms with E-state index in [1.807, 2.05) is 52.4 Å². The predicted octanol–water partition coefficient (Wildman–Crippen LogP) is 5.08. The quantitative estimate of drug-likeness (QED) is 0.221. The van der Waals surface area contributed by atoms with E-state index in [2.05, 4.69) is 15.5 Å². The summed E-state index contributed by atoms with van der Waals surface area (Å²) in [6.07, 6.45) is 0. The normalized spacial score (nSPS) is 11.8. The Morgan fingerprint density at radius 3 is 2.69 bits per heavy atom. The third-order valence-electron chi connectivity index (χ3n) is 4.62. The molecule has 0 aliphatic rings. The fourth-order valence-corrected chi connectivity index (χ4v) is 4.59. The summed E-state index contributed by atoms with van der Waals surface area (Å²) >= 11 is 2.87. The van der Waals surface area contributed by atoms with Crippen LogP contribution in [0.25, 0.3) is 10.7 Å². The number of aromatic nitrogens is 3. The number of thioether (sulfide) groups is 1. The van der Waals surface area contributed by atoms with E-state index in [1.165, 1.54) is 30.0 Å². The molecule has 4 aromatic rings. The molecule has 0 radical (unpaired) electrons. The summed E-state index contributed by atoms with van der Waals surface area (Å²) < 4.78 is 2.00. The zero-order valence-corrected chi connectivity index (χ0v) is 18.7. The number of non-ortho nitro benzene ring substituents is 1. The average molecular weight is 466 g/mol. The van der Waals surface area contributed by atoms with Crippen LogP contribution in [0.1, 0.15) is 12.5 Å². The fraction of sp³-hybridized carbons (Fsp3) is 0.136. The number of nitrogens with zero attached hydrogens (tertiary/aromatic N) is 4. The summed E-state index contributed by atoms with van der Waals surface area (Å²) in [5.74, 6) is 0.472. The summed E-state index contributed by atoms with van der Waals surface area (Å²) in [7, 11) is 0. The zero-order valence-electron chi connectivity index (χ0n) is 17.0. The van der Waals surface area contributed by atoms with Crippen LogP contribution in [-0.4, -0.2) is 30.8 Å². The monoisotopic (exact) mass is 465 g/mol. The van der Waals surface area contributed by atoms with Crippen LogP contribution in [0.5, 0.6) is 0 Å². The molecule has 2 aromatic heterocycles. The molecular weight excluding hydrogens is 446 g/mol. The number of benzene rings is 2. The van der Waals surface area contributed by atoms with Crippen LogP contribution < -0.4 is 5.32 Å². The number of anilines is 1.